The van der Waals surface area contributed by atoms with Crippen LogP contribution in [0.1, 0.15) is 13.8 Å². The Morgan fingerprint density at radius 2 is 2.15 bits per heavy atom. The lowest BCUT2D eigenvalue weighted by Crippen LogP contribution is -2.07. The van der Waals surface area contributed by atoms with Crippen LogP contribution in [-0.2, 0) is 0 Å². The lowest BCUT2D eigenvalue weighted by atomic mass is 10.2. The van der Waals surface area contributed by atoms with E-state index in [0.717, 1.165) is 0 Å². The first-order chi connectivity index (χ1) is 6.11. The molecule has 2 N–H and O–H groups in total. The second-order valence-electron chi connectivity index (χ2n) is 3.36. The van der Waals surface area contributed by atoms with Crippen LogP contribution in [0.4, 0.5) is 10.1 Å². The zero-order chi connectivity index (χ0) is 9.84. The van der Waals surface area contributed by atoms with E-state index < -0.39 is 5.82 Å². The van der Waals surface area contributed by atoms with E-state index in [9.17, 15) is 4.39 Å². The van der Waals surface area contributed by atoms with E-state index in [1.165, 1.54) is 6.07 Å². The molecule has 0 atom stereocenters. The minimum Gasteiger partial charge on any atom is -0.488 e. The normalized spacial score (nSPS) is 10.5. The molecule has 1 aromatic rings. The van der Waals surface area contributed by atoms with Gasteiger partial charge in [-0.15, -0.1) is 0 Å². The summed E-state index contributed by atoms with van der Waals surface area (Å²) in [5, 5.41) is 0. The Labute approximate surface area is 77.5 Å². The van der Waals surface area contributed by atoms with Crippen LogP contribution in [0.3, 0.4) is 0 Å². The van der Waals surface area contributed by atoms with Crippen LogP contribution in [0.15, 0.2) is 18.2 Å². The van der Waals surface area contributed by atoms with E-state index in [1.54, 1.807) is 12.1 Å². The largest absolute Gasteiger partial charge is 0.488 e. The van der Waals surface area contributed by atoms with E-state index >= 15 is 0 Å². The van der Waals surface area contributed by atoms with E-state index in [1.807, 2.05) is 13.8 Å². The van der Waals surface area contributed by atoms with Gasteiger partial charge >= 0.3 is 0 Å². The highest BCUT2D eigenvalue weighted by molar-refractivity contribution is 5.52. The molecule has 0 aliphatic heterocycles. The van der Waals surface area contributed by atoms with Gasteiger partial charge in [0.2, 0.25) is 0 Å². The Morgan fingerprint density at radius 3 is 2.69 bits per heavy atom. The maximum Gasteiger partial charge on any atom is 0.177 e. The number of ether oxygens (including phenoxy) is 1. The molecule has 3 heteroatoms. The molecule has 0 fully saturated rings. The molecule has 0 aromatic heterocycles. The smallest absolute Gasteiger partial charge is 0.177 e. The average molecular weight is 183 g/mol. The number of rotatable bonds is 3. The molecule has 0 aliphatic rings. The van der Waals surface area contributed by atoms with Crippen LogP contribution in [-0.4, -0.2) is 6.61 Å². The van der Waals surface area contributed by atoms with Crippen LogP contribution in [0.5, 0.6) is 5.75 Å². The van der Waals surface area contributed by atoms with Gasteiger partial charge in [0.05, 0.1) is 12.3 Å². The van der Waals surface area contributed by atoms with Crippen molar-refractivity contribution < 1.29 is 9.13 Å². The van der Waals surface area contributed by atoms with Crippen molar-refractivity contribution in [2.75, 3.05) is 12.3 Å². The fourth-order valence-corrected chi connectivity index (χ4v) is 0.928. The van der Waals surface area contributed by atoms with Crippen molar-refractivity contribution in [1.29, 1.82) is 0 Å². The van der Waals surface area contributed by atoms with Gasteiger partial charge in [0.1, 0.15) is 0 Å². The number of benzene rings is 1. The summed E-state index contributed by atoms with van der Waals surface area (Å²) < 4.78 is 18.3. The van der Waals surface area contributed by atoms with Gasteiger partial charge < -0.3 is 10.5 Å². The highest BCUT2D eigenvalue weighted by Crippen LogP contribution is 2.24. The van der Waals surface area contributed by atoms with Crippen LogP contribution in [0, 0.1) is 11.7 Å². The van der Waals surface area contributed by atoms with Gasteiger partial charge in [0.25, 0.3) is 0 Å². The van der Waals surface area contributed by atoms with Gasteiger partial charge in [-0.05, 0) is 18.1 Å². The van der Waals surface area contributed by atoms with Gasteiger partial charge in [0.15, 0.2) is 11.6 Å². The molecule has 72 valence electrons. The molecule has 13 heavy (non-hydrogen) atoms. The Morgan fingerprint density at radius 1 is 1.46 bits per heavy atom. The summed E-state index contributed by atoms with van der Waals surface area (Å²) in [5.74, 6) is 0.121. The van der Waals surface area contributed by atoms with Gasteiger partial charge in [-0.3, -0.25) is 0 Å². The summed E-state index contributed by atoms with van der Waals surface area (Å²) in [4.78, 5) is 0. The summed E-state index contributed by atoms with van der Waals surface area (Å²) in [6, 6.07) is 4.53. The second kappa shape index (κ2) is 4.12. The lowest BCUT2D eigenvalue weighted by molar-refractivity contribution is 0.261. The summed E-state index contributed by atoms with van der Waals surface area (Å²) in [6.45, 7) is 4.47. The van der Waals surface area contributed by atoms with Crippen molar-refractivity contribution in [1.82, 2.24) is 0 Å². The predicted octanol–water partition coefficient (Wildman–Crippen LogP) is 2.44. The molecule has 0 radical (unpaired) electrons. The first-order valence-electron chi connectivity index (χ1n) is 4.28. The van der Waals surface area contributed by atoms with Gasteiger partial charge in [0, 0.05) is 0 Å². The van der Waals surface area contributed by atoms with Crippen molar-refractivity contribution in [3.05, 3.63) is 24.0 Å². The fourth-order valence-electron chi connectivity index (χ4n) is 0.928. The number of anilines is 1. The maximum absolute atomic E-state index is 13.1. The standard InChI is InChI=1S/C10H14FNO/c1-7(2)6-13-10-8(11)4-3-5-9(10)12/h3-5,7H,6,12H2,1-2H3. The first-order valence-corrected chi connectivity index (χ1v) is 4.28. The van der Waals surface area contributed by atoms with Crippen LogP contribution in [0.25, 0.3) is 0 Å². The quantitative estimate of drug-likeness (QED) is 0.730. The SMILES string of the molecule is CC(C)COc1c(N)cccc1F. The Kier molecular flexibility index (Phi) is 3.12. The molecule has 0 bridgehead atoms. The van der Waals surface area contributed by atoms with Crippen molar-refractivity contribution in [2.24, 2.45) is 5.92 Å². The molecular formula is C10H14FNO. The molecule has 0 unspecified atom stereocenters. The third-order valence-corrected chi connectivity index (χ3v) is 1.56. The number of halogens is 1. The van der Waals surface area contributed by atoms with E-state index in [2.05, 4.69) is 0 Å². The molecule has 0 saturated carbocycles. The summed E-state index contributed by atoms with van der Waals surface area (Å²) in [6.07, 6.45) is 0. The Bertz CT molecular complexity index is 266. The maximum atomic E-state index is 13.1. The van der Waals surface area contributed by atoms with Crippen molar-refractivity contribution in [2.45, 2.75) is 13.8 Å². The third kappa shape index (κ3) is 2.61. The van der Waals surface area contributed by atoms with Crippen molar-refractivity contribution in [3.63, 3.8) is 0 Å². The van der Waals surface area contributed by atoms with Crippen LogP contribution < -0.4 is 10.5 Å². The topological polar surface area (TPSA) is 35.2 Å². The molecule has 0 amide bonds. The predicted molar refractivity (Wildman–Crippen MR) is 51.1 cm³/mol. The number of nitrogens with two attached hydrogens (primary N) is 1. The zero-order valence-electron chi connectivity index (χ0n) is 7.88. The minimum absolute atomic E-state index is 0.163. The highest BCUT2D eigenvalue weighted by Gasteiger charge is 2.07. The molecule has 2 nitrogen and oxygen atoms in total. The second-order valence-corrected chi connectivity index (χ2v) is 3.36. The average Bonchev–Trinajstić information content (AvgIpc) is 2.03. The zero-order valence-corrected chi connectivity index (χ0v) is 7.88. The summed E-state index contributed by atoms with van der Waals surface area (Å²) in [5.41, 5.74) is 5.89. The van der Waals surface area contributed by atoms with Crippen LogP contribution in [0.2, 0.25) is 0 Å². The number of nitrogen functional groups attached to an aromatic ring is 1. The molecule has 0 spiro atoms. The molecule has 0 heterocycles. The van der Waals surface area contributed by atoms with Crippen molar-refractivity contribution >= 4 is 5.69 Å². The van der Waals surface area contributed by atoms with Gasteiger partial charge in [-0.25, -0.2) is 4.39 Å². The van der Waals surface area contributed by atoms with Gasteiger partial charge in [-0.2, -0.15) is 0 Å². The van der Waals surface area contributed by atoms with E-state index in [0.29, 0.717) is 18.2 Å². The molecule has 0 aliphatic carbocycles. The lowest BCUT2D eigenvalue weighted by Gasteiger charge is -2.11. The van der Waals surface area contributed by atoms with E-state index in [4.69, 9.17) is 10.5 Å². The van der Waals surface area contributed by atoms with E-state index in [-0.39, 0.29) is 5.75 Å². The highest BCUT2D eigenvalue weighted by atomic mass is 19.1. The molecule has 1 rings (SSSR count). The minimum atomic E-state index is -0.402. The first kappa shape index (κ1) is 9.84. The number of hydrogen-bond donors (Lipinski definition) is 1. The van der Waals surface area contributed by atoms with Crippen LogP contribution >= 0.6 is 0 Å². The summed E-state index contributed by atoms with van der Waals surface area (Å²) >= 11 is 0. The Balaban J connectivity index is 2.75. The Hall–Kier alpha value is -1.25. The fraction of sp³-hybridized carbons (Fsp3) is 0.400. The number of para-hydroxylation sites is 1. The molecular weight excluding hydrogens is 169 g/mol. The monoisotopic (exact) mass is 183 g/mol. The molecule has 1 aromatic carbocycles. The summed E-state index contributed by atoms with van der Waals surface area (Å²) in [7, 11) is 0. The van der Waals surface area contributed by atoms with Gasteiger partial charge in [-0.1, -0.05) is 19.9 Å². The molecule has 0 saturated heterocycles. The third-order valence-electron chi connectivity index (χ3n) is 1.56. The number of hydrogen-bond acceptors (Lipinski definition) is 2. The van der Waals surface area contributed by atoms with Crippen molar-refractivity contribution in [3.8, 4) is 5.75 Å².